The fourth-order valence-electron chi connectivity index (χ4n) is 3.07. The molecular formula is C22H16FNO5. The van der Waals surface area contributed by atoms with Gasteiger partial charge in [0.05, 0.1) is 12.5 Å². The van der Waals surface area contributed by atoms with E-state index in [-0.39, 0.29) is 18.1 Å². The van der Waals surface area contributed by atoms with Crippen LogP contribution in [0, 0.1) is 5.82 Å². The van der Waals surface area contributed by atoms with Gasteiger partial charge in [-0.15, -0.1) is 0 Å². The molecule has 0 unspecified atom stereocenters. The molecule has 0 aliphatic carbocycles. The number of halogens is 1. The van der Waals surface area contributed by atoms with Crippen molar-refractivity contribution in [1.29, 1.82) is 0 Å². The zero-order valence-electron chi connectivity index (χ0n) is 15.4. The average molecular weight is 393 g/mol. The summed E-state index contributed by atoms with van der Waals surface area (Å²) in [6.45, 7) is -0.0529. The minimum Gasteiger partial charge on any atom is -0.497 e. The Balaban J connectivity index is 1.64. The lowest BCUT2D eigenvalue weighted by Crippen LogP contribution is -2.13. The van der Waals surface area contributed by atoms with Gasteiger partial charge in [-0.1, -0.05) is 5.16 Å². The second-order valence-corrected chi connectivity index (χ2v) is 6.30. The molecule has 0 saturated carbocycles. The molecule has 4 rings (SSSR count). The van der Waals surface area contributed by atoms with Crippen LogP contribution < -0.4 is 15.1 Å². The van der Waals surface area contributed by atoms with E-state index in [4.69, 9.17) is 13.9 Å². The van der Waals surface area contributed by atoms with E-state index in [9.17, 15) is 14.4 Å². The van der Waals surface area contributed by atoms with Gasteiger partial charge in [0.15, 0.2) is 0 Å². The summed E-state index contributed by atoms with van der Waals surface area (Å²) >= 11 is 0. The maximum atomic E-state index is 13.1. The third kappa shape index (κ3) is 3.62. The lowest BCUT2D eigenvalue weighted by molar-refractivity contribution is 0.308. The molecule has 7 heteroatoms. The van der Waals surface area contributed by atoms with E-state index >= 15 is 0 Å². The molecule has 0 saturated heterocycles. The first kappa shape index (κ1) is 18.5. The zero-order valence-corrected chi connectivity index (χ0v) is 15.4. The Morgan fingerprint density at radius 2 is 1.72 bits per heavy atom. The van der Waals surface area contributed by atoms with Gasteiger partial charge in [-0.05, 0) is 54.6 Å². The summed E-state index contributed by atoms with van der Waals surface area (Å²) in [5, 5.41) is 14.4. The van der Waals surface area contributed by atoms with Crippen LogP contribution in [0.15, 0.2) is 75.0 Å². The number of benzene rings is 3. The molecule has 0 spiro atoms. The smallest absolute Gasteiger partial charge is 0.344 e. The van der Waals surface area contributed by atoms with Gasteiger partial charge in [-0.25, -0.2) is 9.18 Å². The van der Waals surface area contributed by atoms with Gasteiger partial charge in [0.1, 0.15) is 35.2 Å². The molecule has 1 N–H and O–H groups in total. The molecule has 29 heavy (non-hydrogen) atoms. The molecular weight excluding hydrogens is 377 g/mol. The summed E-state index contributed by atoms with van der Waals surface area (Å²) in [4.78, 5) is 12.4. The molecule has 146 valence electrons. The highest BCUT2D eigenvalue weighted by Crippen LogP contribution is 2.28. The van der Waals surface area contributed by atoms with Crippen LogP contribution in [-0.2, 0) is 0 Å². The highest BCUT2D eigenvalue weighted by atomic mass is 19.1. The third-order valence-corrected chi connectivity index (χ3v) is 4.57. The Bertz CT molecular complexity index is 1280. The van der Waals surface area contributed by atoms with E-state index in [2.05, 4.69) is 5.16 Å². The molecule has 1 heterocycles. The van der Waals surface area contributed by atoms with E-state index in [0.717, 1.165) is 10.8 Å². The standard InChI is InChI=1S/C22H16FNO5/c1-27-15-6-8-17-18-9-7-16(11-21(18)29-22(25)19(17)10-15)28-12-20(24-26)13-2-4-14(23)5-3-13/h2-11,26H,12H2,1H3/b24-20+. The average Bonchev–Trinajstić information content (AvgIpc) is 2.75. The molecule has 1 aromatic heterocycles. The summed E-state index contributed by atoms with van der Waals surface area (Å²) < 4.78 is 29.3. The van der Waals surface area contributed by atoms with Crippen molar-refractivity contribution in [3.8, 4) is 11.5 Å². The summed E-state index contributed by atoms with van der Waals surface area (Å²) in [5.74, 6) is 0.610. The van der Waals surface area contributed by atoms with Crippen molar-refractivity contribution in [3.05, 3.63) is 82.5 Å². The highest BCUT2D eigenvalue weighted by molar-refractivity contribution is 6.05. The van der Waals surface area contributed by atoms with Crippen LogP contribution in [0.4, 0.5) is 4.39 Å². The summed E-state index contributed by atoms with van der Waals surface area (Å²) in [6, 6.07) is 15.9. The van der Waals surface area contributed by atoms with Crippen molar-refractivity contribution in [2.75, 3.05) is 13.7 Å². The third-order valence-electron chi connectivity index (χ3n) is 4.57. The van der Waals surface area contributed by atoms with Gasteiger partial charge in [0.25, 0.3) is 0 Å². The molecule has 0 atom stereocenters. The molecule has 0 fully saturated rings. The molecule has 0 radical (unpaired) electrons. The van der Waals surface area contributed by atoms with Gasteiger partial charge < -0.3 is 19.1 Å². The number of hydrogen-bond donors (Lipinski definition) is 1. The molecule has 0 aliphatic rings. The fourth-order valence-corrected chi connectivity index (χ4v) is 3.07. The van der Waals surface area contributed by atoms with Crippen molar-refractivity contribution in [3.63, 3.8) is 0 Å². The van der Waals surface area contributed by atoms with Crippen molar-refractivity contribution in [1.82, 2.24) is 0 Å². The predicted molar refractivity (Wildman–Crippen MR) is 107 cm³/mol. The van der Waals surface area contributed by atoms with Crippen LogP contribution in [-0.4, -0.2) is 24.6 Å². The van der Waals surface area contributed by atoms with E-state index in [1.165, 1.54) is 31.4 Å². The van der Waals surface area contributed by atoms with Crippen LogP contribution in [0.5, 0.6) is 11.5 Å². The van der Waals surface area contributed by atoms with Gasteiger partial charge in [0, 0.05) is 22.4 Å². The highest BCUT2D eigenvalue weighted by Gasteiger charge is 2.11. The largest absolute Gasteiger partial charge is 0.497 e. The van der Waals surface area contributed by atoms with Gasteiger partial charge in [0.2, 0.25) is 0 Å². The predicted octanol–water partition coefficient (Wildman–Crippen LogP) is 4.35. The lowest BCUT2D eigenvalue weighted by atomic mass is 10.1. The van der Waals surface area contributed by atoms with Crippen LogP contribution in [0.1, 0.15) is 5.56 Å². The number of methoxy groups -OCH3 is 1. The maximum Gasteiger partial charge on any atom is 0.344 e. The maximum absolute atomic E-state index is 13.1. The van der Waals surface area contributed by atoms with Crippen LogP contribution >= 0.6 is 0 Å². The van der Waals surface area contributed by atoms with E-state index in [0.29, 0.717) is 28.0 Å². The topological polar surface area (TPSA) is 81.3 Å². The van der Waals surface area contributed by atoms with Crippen LogP contribution in [0.3, 0.4) is 0 Å². The minimum absolute atomic E-state index is 0.0529. The van der Waals surface area contributed by atoms with Crippen molar-refractivity contribution in [2.24, 2.45) is 5.16 Å². The molecule has 0 bridgehead atoms. The second kappa shape index (κ2) is 7.63. The normalized spacial score (nSPS) is 11.7. The Hall–Kier alpha value is -3.87. The molecule has 3 aromatic carbocycles. The van der Waals surface area contributed by atoms with E-state index in [1.54, 1.807) is 36.4 Å². The van der Waals surface area contributed by atoms with Crippen molar-refractivity contribution < 1.29 is 23.5 Å². The SMILES string of the molecule is COc1ccc2c(c1)c(=O)oc1cc(OC/C(=N\O)c3ccc(F)cc3)ccc12. The zero-order chi connectivity index (χ0) is 20.4. The van der Waals surface area contributed by atoms with E-state index < -0.39 is 5.63 Å². The van der Waals surface area contributed by atoms with Gasteiger partial charge >= 0.3 is 5.63 Å². The Kier molecular flexibility index (Phi) is 4.87. The number of ether oxygens (including phenoxy) is 2. The second-order valence-electron chi connectivity index (χ2n) is 6.30. The Morgan fingerprint density at radius 1 is 1.00 bits per heavy atom. The van der Waals surface area contributed by atoms with Crippen LogP contribution in [0.2, 0.25) is 0 Å². The fraction of sp³-hybridized carbons (Fsp3) is 0.0909. The molecule has 0 amide bonds. The number of rotatable bonds is 5. The first-order valence-electron chi connectivity index (χ1n) is 8.73. The summed E-state index contributed by atoms with van der Waals surface area (Å²) in [6.07, 6.45) is 0. The molecule has 4 aromatic rings. The van der Waals surface area contributed by atoms with Gasteiger partial charge in [-0.3, -0.25) is 0 Å². The van der Waals surface area contributed by atoms with Crippen molar-refractivity contribution >= 4 is 27.5 Å². The van der Waals surface area contributed by atoms with E-state index in [1.807, 2.05) is 0 Å². The number of oxime groups is 1. The van der Waals surface area contributed by atoms with Crippen molar-refractivity contribution in [2.45, 2.75) is 0 Å². The number of nitrogens with zero attached hydrogens (tertiary/aromatic N) is 1. The first-order chi connectivity index (χ1) is 14.1. The minimum atomic E-state index is -0.479. The summed E-state index contributed by atoms with van der Waals surface area (Å²) in [7, 11) is 1.53. The van der Waals surface area contributed by atoms with Gasteiger partial charge in [-0.2, -0.15) is 0 Å². The number of fused-ring (bicyclic) bond motifs is 3. The lowest BCUT2D eigenvalue weighted by Gasteiger charge is -2.10. The monoisotopic (exact) mass is 393 g/mol. The summed E-state index contributed by atoms with van der Waals surface area (Å²) in [5.41, 5.74) is 0.653. The molecule has 0 aliphatic heterocycles. The molecule has 6 nitrogen and oxygen atoms in total. The first-order valence-corrected chi connectivity index (χ1v) is 8.73. The Morgan fingerprint density at radius 3 is 2.45 bits per heavy atom. The van der Waals surface area contributed by atoms with Crippen LogP contribution in [0.25, 0.3) is 21.7 Å². The quantitative estimate of drug-likeness (QED) is 0.179. The Labute approximate surface area is 164 Å². The number of hydrogen-bond acceptors (Lipinski definition) is 6.